The molecule has 4 nitrogen and oxygen atoms in total. The largest absolute Gasteiger partial charge is 0.327 e. The SMILES string of the molecule is Clc1ccc(C[C@@H]2C[C@@H](N3CCC(C4c5ccccc5CCn5c4nc4ccccc45)CC3)CCN2)cc1Cl. The van der Waals surface area contributed by atoms with Gasteiger partial charge in [-0.15, -0.1) is 0 Å². The summed E-state index contributed by atoms with van der Waals surface area (Å²) >= 11 is 12.4. The number of hydrogen-bond donors (Lipinski definition) is 1. The summed E-state index contributed by atoms with van der Waals surface area (Å²) < 4.78 is 2.52. The van der Waals surface area contributed by atoms with Crippen LogP contribution < -0.4 is 5.32 Å². The zero-order valence-corrected chi connectivity index (χ0v) is 23.8. The maximum Gasteiger partial charge on any atom is 0.117 e. The van der Waals surface area contributed by atoms with Crippen molar-refractivity contribution in [3.8, 4) is 0 Å². The van der Waals surface area contributed by atoms with E-state index in [9.17, 15) is 0 Å². The maximum atomic E-state index is 6.29. The lowest BCUT2D eigenvalue weighted by molar-refractivity contribution is 0.0942. The van der Waals surface area contributed by atoms with Crippen molar-refractivity contribution in [1.29, 1.82) is 0 Å². The molecule has 4 aromatic rings. The van der Waals surface area contributed by atoms with Crippen molar-refractivity contribution in [2.45, 2.75) is 63.1 Å². The second-order valence-electron chi connectivity index (χ2n) is 11.7. The molecular formula is C33H36Cl2N4. The molecule has 7 rings (SSSR count). The van der Waals surface area contributed by atoms with Gasteiger partial charge in [-0.25, -0.2) is 4.98 Å². The zero-order valence-electron chi connectivity index (χ0n) is 22.3. The molecule has 0 spiro atoms. The van der Waals surface area contributed by atoms with Gasteiger partial charge in [0.2, 0.25) is 0 Å². The fourth-order valence-electron chi connectivity index (χ4n) is 7.51. The Morgan fingerprint density at radius 1 is 0.872 bits per heavy atom. The Morgan fingerprint density at radius 3 is 2.56 bits per heavy atom. The minimum atomic E-state index is 0.369. The van der Waals surface area contributed by atoms with Crippen LogP contribution in [0.3, 0.4) is 0 Å². The number of piperidine rings is 2. The van der Waals surface area contributed by atoms with Crippen molar-refractivity contribution in [2.24, 2.45) is 5.92 Å². The smallest absolute Gasteiger partial charge is 0.117 e. The molecule has 1 N–H and O–H groups in total. The van der Waals surface area contributed by atoms with Crippen LogP contribution in [-0.2, 0) is 19.4 Å². The molecule has 3 aromatic carbocycles. The molecule has 0 saturated carbocycles. The van der Waals surface area contributed by atoms with E-state index in [2.05, 4.69) is 69.4 Å². The highest BCUT2D eigenvalue weighted by molar-refractivity contribution is 6.42. The summed E-state index contributed by atoms with van der Waals surface area (Å²) in [4.78, 5) is 8.04. The van der Waals surface area contributed by atoms with Gasteiger partial charge in [0.25, 0.3) is 0 Å². The predicted octanol–water partition coefficient (Wildman–Crippen LogP) is 7.11. The van der Waals surface area contributed by atoms with Gasteiger partial charge in [0.15, 0.2) is 0 Å². The Labute approximate surface area is 241 Å². The Morgan fingerprint density at radius 2 is 1.69 bits per heavy atom. The number of aromatic nitrogens is 2. The number of halogens is 2. The number of rotatable bonds is 4. The molecule has 1 aromatic heterocycles. The number of imidazole rings is 1. The number of fused-ring (bicyclic) bond motifs is 4. The van der Waals surface area contributed by atoms with Crippen LogP contribution in [0, 0.1) is 5.92 Å². The minimum absolute atomic E-state index is 0.369. The summed E-state index contributed by atoms with van der Waals surface area (Å²) in [6, 6.07) is 25.0. The van der Waals surface area contributed by atoms with Gasteiger partial charge < -0.3 is 14.8 Å². The van der Waals surface area contributed by atoms with Crippen molar-refractivity contribution in [1.82, 2.24) is 19.8 Å². The third-order valence-electron chi connectivity index (χ3n) is 9.45. The van der Waals surface area contributed by atoms with Gasteiger partial charge in [0.1, 0.15) is 5.82 Å². The van der Waals surface area contributed by atoms with E-state index in [1.165, 1.54) is 66.8 Å². The minimum Gasteiger partial charge on any atom is -0.327 e. The number of nitrogens with one attached hydrogen (secondary N) is 1. The van der Waals surface area contributed by atoms with Crippen molar-refractivity contribution in [3.05, 3.63) is 99.3 Å². The van der Waals surface area contributed by atoms with E-state index in [4.69, 9.17) is 28.2 Å². The molecule has 4 heterocycles. The summed E-state index contributed by atoms with van der Waals surface area (Å²) in [6.45, 7) is 4.44. The van der Waals surface area contributed by atoms with Crippen molar-refractivity contribution in [2.75, 3.05) is 19.6 Å². The van der Waals surface area contributed by atoms with Crippen molar-refractivity contribution >= 4 is 34.2 Å². The van der Waals surface area contributed by atoms with Crippen LogP contribution in [0.4, 0.5) is 0 Å². The summed E-state index contributed by atoms with van der Waals surface area (Å²) in [5, 5.41) is 5.04. The third-order valence-corrected chi connectivity index (χ3v) is 10.2. The van der Waals surface area contributed by atoms with E-state index in [-0.39, 0.29) is 0 Å². The Hall–Kier alpha value is -2.37. The number of para-hydroxylation sites is 2. The fourth-order valence-corrected chi connectivity index (χ4v) is 7.83. The number of benzene rings is 3. The molecule has 39 heavy (non-hydrogen) atoms. The van der Waals surface area contributed by atoms with Crippen LogP contribution in [0.5, 0.6) is 0 Å². The van der Waals surface area contributed by atoms with Gasteiger partial charge in [-0.05, 0) is 105 Å². The number of aryl methyl sites for hydroxylation is 2. The quantitative estimate of drug-likeness (QED) is 0.289. The molecule has 1 unspecified atom stereocenters. The first-order valence-corrected chi connectivity index (χ1v) is 15.3. The summed E-state index contributed by atoms with van der Waals surface area (Å²) in [7, 11) is 0. The number of nitrogens with zero attached hydrogens (tertiary/aromatic N) is 3. The van der Waals surface area contributed by atoms with Crippen molar-refractivity contribution < 1.29 is 0 Å². The van der Waals surface area contributed by atoms with Gasteiger partial charge in [-0.1, -0.05) is 65.7 Å². The van der Waals surface area contributed by atoms with Crippen LogP contribution in [-0.4, -0.2) is 46.2 Å². The van der Waals surface area contributed by atoms with E-state index in [0.29, 0.717) is 34.0 Å². The highest BCUT2D eigenvalue weighted by Crippen LogP contribution is 2.42. The van der Waals surface area contributed by atoms with Crippen LogP contribution in [0.25, 0.3) is 11.0 Å². The molecule has 202 valence electrons. The van der Waals surface area contributed by atoms with Crippen molar-refractivity contribution in [3.63, 3.8) is 0 Å². The first kappa shape index (κ1) is 25.6. The third kappa shape index (κ3) is 5.02. The van der Waals surface area contributed by atoms with E-state index in [0.717, 1.165) is 31.4 Å². The first-order valence-electron chi connectivity index (χ1n) is 14.6. The van der Waals surface area contributed by atoms with Crippen LogP contribution in [0.2, 0.25) is 10.0 Å². The number of likely N-dealkylation sites (tertiary alicyclic amines) is 1. The molecule has 0 aliphatic carbocycles. The molecule has 3 atom stereocenters. The highest BCUT2D eigenvalue weighted by atomic mass is 35.5. The Balaban J connectivity index is 1.08. The first-order chi connectivity index (χ1) is 19.1. The Kier molecular flexibility index (Phi) is 7.15. The lowest BCUT2D eigenvalue weighted by atomic mass is 9.77. The van der Waals surface area contributed by atoms with Crippen LogP contribution in [0.1, 0.15) is 54.1 Å². The van der Waals surface area contributed by atoms with Gasteiger partial charge >= 0.3 is 0 Å². The summed E-state index contributed by atoms with van der Waals surface area (Å²) in [6.07, 6.45) is 6.94. The molecule has 0 radical (unpaired) electrons. The topological polar surface area (TPSA) is 33.1 Å². The molecule has 6 heteroatoms. The molecule has 3 aliphatic heterocycles. The normalized spacial score (nSPS) is 24.3. The van der Waals surface area contributed by atoms with Gasteiger partial charge in [-0.3, -0.25) is 0 Å². The summed E-state index contributed by atoms with van der Waals surface area (Å²) in [5.74, 6) is 2.27. The monoisotopic (exact) mass is 558 g/mol. The van der Waals surface area contributed by atoms with Gasteiger partial charge in [0.05, 0.1) is 21.1 Å². The second kappa shape index (κ2) is 10.9. The van der Waals surface area contributed by atoms with E-state index in [1.807, 2.05) is 12.1 Å². The highest BCUT2D eigenvalue weighted by Gasteiger charge is 2.37. The van der Waals surface area contributed by atoms with Crippen LogP contribution in [0.15, 0.2) is 66.7 Å². The number of hydrogen-bond acceptors (Lipinski definition) is 3. The zero-order chi connectivity index (χ0) is 26.3. The lowest BCUT2D eigenvalue weighted by Gasteiger charge is -2.43. The van der Waals surface area contributed by atoms with Gasteiger partial charge in [0, 0.05) is 24.5 Å². The predicted molar refractivity (Wildman–Crippen MR) is 161 cm³/mol. The molecule has 3 aliphatic rings. The van der Waals surface area contributed by atoms with Crippen LogP contribution >= 0.6 is 23.2 Å². The van der Waals surface area contributed by atoms with Gasteiger partial charge in [-0.2, -0.15) is 0 Å². The molecule has 2 saturated heterocycles. The molecule has 0 amide bonds. The fraction of sp³-hybridized carbons (Fsp3) is 0.424. The summed E-state index contributed by atoms with van der Waals surface area (Å²) in [5.41, 5.74) is 6.69. The lowest BCUT2D eigenvalue weighted by Crippen LogP contribution is -2.51. The van der Waals surface area contributed by atoms with E-state index >= 15 is 0 Å². The average Bonchev–Trinajstić information content (AvgIpc) is 3.24. The van der Waals surface area contributed by atoms with E-state index in [1.54, 1.807) is 0 Å². The second-order valence-corrected chi connectivity index (χ2v) is 12.5. The average molecular weight is 560 g/mol. The molecular weight excluding hydrogens is 523 g/mol. The molecule has 2 fully saturated rings. The maximum absolute atomic E-state index is 6.29. The standard InChI is InChI=1S/C33H36Cl2N4/c34-28-10-9-22(20-29(28)35)19-25-21-26(11-15-36-25)38-16-12-24(13-17-38)32-27-6-2-1-5-23(27)14-18-39-31-8-4-3-7-30(31)37-33(32)39/h1-10,20,24-26,32,36H,11-19,21H2/t25-,26+,32?/m1/s1. The Bertz CT molecular complexity index is 1470. The molecule has 0 bridgehead atoms. The van der Waals surface area contributed by atoms with E-state index < -0.39 is 0 Å².